The molecule has 1 amide bonds. The van der Waals surface area contributed by atoms with Gasteiger partial charge in [0.05, 0.1) is 14.2 Å². The van der Waals surface area contributed by atoms with Crippen LogP contribution in [0.3, 0.4) is 0 Å². The van der Waals surface area contributed by atoms with Crippen LogP contribution in [0, 0.1) is 6.92 Å². The molecule has 0 saturated heterocycles. The molecule has 0 atom stereocenters. The van der Waals surface area contributed by atoms with Gasteiger partial charge in [-0.05, 0) is 60.9 Å². The van der Waals surface area contributed by atoms with Gasteiger partial charge in [-0.2, -0.15) is 0 Å². The molecule has 7 nitrogen and oxygen atoms in total. The van der Waals surface area contributed by atoms with Crippen molar-refractivity contribution in [1.82, 2.24) is 10.3 Å². The highest BCUT2D eigenvalue weighted by molar-refractivity contribution is 6.10. The quantitative estimate of drug-likeness (QED) is 0.272. The Morgan fingerprint density at radius 2 is 1.79 bits per heavy atom. The second kappa shape index (κ2) is 10.6. The van der Waals surface area contributed by atoms with Crippen molar-refractivity contribution in [3.63, 3.8) is 0 Å². The maximum Gasteiger partial charge on any atom is 0.258 e. The number of aliphatic imine (C=N–C) groups is 1. The Labute approximate surface area is 198 Å². The smallest absolute Gasteiger partial charge is 0.258 e. The zero-order valence-corrected chi connectivity index (χ0v) is 19.5. The highest BCUT2D eigenvalue weighted by atomic mass is 16.5. The Bertz CT molecular complexity index is 1330. The molecule has 174 valence electrons. The van der Waals surface area contributed by atoms with E-state index in [0.29, 0.717) is 29.6 Å². The maximum atomic E-state index is 13.0. The van der Waals surface area contributed by atoms with E-state index >= 15 is 0 Å². The van der Waals surface area contributed by atoms with Gasteiger partial charge in [0.15, 0.2) is 11.5 Å². The molecule has 34 heavy (non-hydrogen) atoms. The second-order valence-electron chi connectivity index (χ2n) is 7.86. The van der Waals surface area contributed by atoms with Crippen molar-refractivity contribution in [3.8, 4) is 11.5 Å². The summed E-state index contributed by atoms with van der Waals surface area (Å²) in [5.74, 6) is 1.13. The van der Waals surface area contributed by atoms with E-state index in [1.807, 2.05) is 49.5 Å². The van der Waals surface area contributed by atoms with Crippen molar-refractivity contribution in [1.29, 1.82) is 0 Å². The number of benzene rings is 3. The zero-order chi connectivity index (χ0) is 23.9. The van der Waals surface area contributed by atoms with Crippen LogP contribution in [0.15, 0.2) is 77.9 Å². The molecular weight excluding hydrogens is 428 g/mol. The molecule has 3 N–H and O–H groups in total. The lowest BCUT2D eigenvalue weighted by Gasteiger charge is -2.13. The first kappa shape index (κ1) is 22.9. The summed E-state index contributed by atoms with van der Waals surface area (Å²) in [6.07, 6.45) is 2.74. The van der Waals surface area contributed by atoms with Crippen LogP contribution in [0.5, 0.6) is 11.5 Å². The summed E-state index contributed by atoms with van der Waals surface area (Å²) in [4.78, 5) is 21.0. The minimum Gasteiger partial charge on any atom is -0.493 e. The number of carbonyl (C=O) groups excluding carboxylic acids is 1. The number of hydrogen-bond donors (Lipinski definition) is 3. The van der Waals surface area contributed by atoms with Gasteiger partial charge >= 0.3 is 0 Å². The van der Waals surface area contributed by atoms with Crippen LogP contribution in [0.1, 0.15) is 21.5 Å². The fourth-order valence-corrected chi connectivity index (χ4v) is 3.75. The van der Waals surface area contributed by atoms with Gasteiger partial charge in [0.1, 0.15) is 0 Å². The average molecular weight is 457 g/mol. The molecule has 0 aliphatic rings. The molecule has 0 radical (unpaired) electrons. The van der Waals surface area contributed by atoms with Gasteiger partial charge in [-0.15, -0.1) is 0 Å². The fraction of sp³-hybridized carbons (Fsp3) is 0.185. The van der Waals surface area contributed by atoms with Crippen LogP contribution in [-0.4, -0.2) is 37.6 Å². The van der Waals surface area contributed by atoms with Crippen LogP contribution < -0.4 is 20.1 Å². The van der Waals surface area contributed by atoms with E-state index in [1.54, 1.807) is 25.3 Å². The average Bonchev–Trinajstić information content (AvgIpc) is 3.26. The van der Waals surface area contributed by atoms with E-state index in [9.17, 15) is 4.79 Å². The lowest BCUT2D eigenvalue weighted by atomic mass is 10.1. The first-order chi connectivity index (χ1) is 16.6. The van der Waals surface area contributed by atoms with Crippen molar-refractivity contribution in [2.75, 3.05) is 26.1 Å². The summed E-state index contributed by atoms with van der Waals surface area (Å²) in [7, 11) is 3.10. The molecule has 0 spiro atoms. The van der Waals surface area contributed by atoms with Gasteiger partial charge in [0, 0.05) is 34.9 Å². The molecular formula is C27H28N4O3. The minimum atomic E-state index is -0.299. The predicted octanol–water partition coefficient (Wildman–Crippen LogP) is 4.93. The topological polar surface area (TPSA) is 87.7 Å². The molecule has 0 unspecified atom stereocenters. The maximum absolute atomic E-state index is 13.0. The summed E-state index contributed by atoms with van der Waals surface area (Å²) in [5, 5.41) is 7.33. The Hall–Kier alpha value is -4.26. The van der Waals surface area contributed by atoms with Gasteiger partial charge in [-0.1, -0.05) is 30.3 Å². The normalized spacial score (nSPS) is 11.3. The molecule has 0 fully saturated rings. The lowest BCUT2D eigenvalue weighted by molar-refractivity contribution is 0.0976. The van der Waals surface area contributed by atoms with Crippen LogP contribution in [0.25, 0.3) is 10.9 Å². The number of aryl methyl sites for hydroxylation is 1. The Morgan fingerprint density at radius 3 is 2.59 bits per heavy atom. The van der Waals surface area contributed by atoms with Gasteiger partial charge in [0.2, 0.25) is 5.96 Å². The van der Waals surface area contributed by atoms with E-state index in [-0.39, 0.29) is 5.91 Å². The van der Waals surface area contributed by atoms with Crippen LogP contribution >= 0.6 is 0 Å². The number of para-hydroxylation sites is 1. The van der Waals surface area contributed by atoms with Crippen LogP contribution in [0.2, 0.25) is 0 Å². The summed E-state index contributed by atoms with van der Waals surface area (Å²) < 4.78 is 10.6. The van der Waals surface area contributed by atoms with Crippen LogP contribution in [0.4, 0.5) is 5.69 Å². The third-order valence-corrected chi connectivity index (χ3v) is 5.48. The Balaban J connectivity index is 1.54. The Morgan fingerprint density at radius 1 is 0.971 bits per heavy atom. The number of amides is 1. The Kier molecular flexibility index (Phi) is 7.13. The number of nitrogens with zero attached hydrogens (tertiary/aromatic N) is 1. The van der Waals surface area contributed by atoms with Crippen molar-refractivity contribution in [2.24, 2.45) is 4.99 Å². The van der Waals surface area contributed by atoms with E-state index in [2.05, 4.69) is 32.7 Å². The number of aromatic nitrogens is 1. The summed E-state index contributed by atoms with van der Waals surface area (Å²) in [6, 6.07) is 21.1. The minimum absolute atomic E-state index is 0.299. The predicted molar refractivity (Wildman–Crippen MR) is 136 cm³/mol. The molecule has 0 aliphatic carbocycles. The number of carbonyl (C=O) groups is 1. The lowest BCUT2D eigenvalue weighted by Crippen LogP contribution is -2.36. The first-order valence-corrected chi connectivity index (χ1v) is 11.0. The van der Waals surface area contributed by atoms with Gasteiger partial charge in [0.25, 0.3) is 5.91 Å². The highest BCUT2D eigenvalue weighted by Gasteiger charge is 2.13. The molecule has 7 heteroatoms. The standard InChI is InChI=1S/C27H28N4O3/c1-18-7-6-8-21(15-18)30-27(28-14-13-20-17-29-23-10-5-4-9-22(20)23)31-26(32)19-11-12-24(33-2)25(16-19)34-3/h4-12,15-17,29H,13-14H2,1-3H3,(H2,28,30,31,32). The molecule has 0 bridgehead atoms. The summed E-state index contributed by atoms with van der Waals surface area (Å²) in [5.41, 5.74) is 4.67. The van der Waals surface area contributed by atoms with E-state index in [0.717, 1.165) is 23.2 Å². The number of nitrogens with one attached hydrogen (secondary N) is 3. The van der Waals surface area contributed by atoms with Gasteiger partial charge in [-0.25, -0.2) is 0 Å². The molecule has 4 aromatic rings. The van der Waals surface area contributed by atoms with E-state index in [4.69, 9.17) is 9.47 Å². The first-order valence-electron chi connectivity index (χ1n) is 11.0. The number of methoxy groups -OCH3 is 2. The SMILES string of the molecule is COc1ccc(C(=O)NC(=NCCc2c[nH]c3ccccc23)Nc2cccc(C)c2)cc1OC. The second-order valence-corrected chi connectivity index (χ2v) is 7.86. The third-order valence-electron chi connectivity index (χ3n) is 5.48. The van der Waals surface area contributed by atoms with Crippen LogP contribution in [-0.2, 0) is 6.42 Å². The molecule has 1 aromatic heterocycles. The van der Waals surface area contributed by atoms with E-state index in [1.165, 1.54) is 18.1 Å². The van der Waals surface area contributed by atoms with Gasteiger partial charge < -0.3 is 19.8 Å². The summed E-state index contributed by atoms with van der Waals surface area (Å²) in [6.45, 7) is 2.52. The van der Waals surface area contributed by atoms with Crippen molar-refractivity contribution >= 4 is 28.5 Å². The molecule has 0 saturated carbocycles. The number of hydrogen-bond acceptors (Lipinski definition) is 4. The highest BCUT2D eigenvalue weighted by Crippen LogP contribution is 2.27. The monoisotopic (exact) mass is 456 g/mol. The number of aromatic amines is 1. The van der Waals surface area contributed by atoms with E-state index < -0.39 is 0 Å². The van der Waals surface area contributed by atoms with Crippen molar-refractivity contribution in [2.45, 2.75) is 13.3 Å². The van der Waals surface area contributed by atoms with Crippen molar-refractivity contribution in [3.05, 3.63) is 89.6 Å². The number of fused-ring (bicyclic) bond motifs is 1. The number of rotatable bonds is 7. The third kappa shape index (κ3) is 5.38. The molecule has 0 aliphatic heterocycles. The molecule has 3 aromatic carbocycles. The number of H-pyrrole nitrogens is 1. The number of ether oxygens (including phenoxy) is 2. The van der Waals surface area contributed by atoms with Gasteiger partial charge in [-0.3, -0.25) is 15.1 Å². The number of guanidine groups is 1. The molecule has 4 rings (SSSR count). The zero-order valence-electron chi connectivity index (χ0n) is 19.5. The number of anilines is 1. The largest absolute Gasteiger partial charge is 0.493 e. The summed E-state index contributed by atoms with van der Waals surface area (Å²) >= 11 is 0. The molecule has 1 heterocycles. The van der Waals surface area contributed by atoms with Crippen molar-refractivity contribution < 1.29 is 14.3 Å². The fourth-order valence-electron chi connectivity index (χ4n) is 3.75.